The summed E-state index contributed by atoms with van der Waals surface area (Å²) in [6.45, 7) is 5.28. The van der Waals surface area contributed by atoms with Gasteiger partial charge < -0.3 is 14.5 Å². The van der Waals surface area contributed by atoms with Crippen molar-refractivity contribution in [1.82, 2.24) is 10.2 Å². The van der Waals surface area contributed by atoms with Crippen LogP contribution in [0.5, 0.6) is 0 Å². The number of ether oxygens (including phenoxy) is 1. The molecule has 3 rings (SSSR count). The van der Waals surface area contributed by atoms with Gasteiger partial charge >= 0.3 is 5.97 Å². The van der Waals surface area contributed by atoms with E-state index in [1.54, 1.807) is 0 Å². The van der Waals surface area contributed by atoms with Crippen LogP contribution in [0.2, 0.25) is 0 Å². The molecular formula is C23H30N2O4. The standard InChI is InChI=1S/C23H30N2O4/c1-17-5-11-21(29-17)14-24-22(26)12-8-18-4-3-13-25(15-18)16-19-6-9-20(10-7-19)23(27)28-2/h5-7,9-11,18H,3-4,8,12-16H2,1-2H3,(H,24,26)/t18-/m1/s1. The maximum Gasteiger partial charge on any atom is 0.337 e. The Morgan fingerprint density at radius 1 is 1.21 bits per heavy atom. The number of carbonyl (C=O) groups excluding carboxylic acids is 2. The molecule has 1 saturated heterocycles. The number of rotatable bonds is 8. The minimum Gasteiger partial charge on any atom is -0.465 e. The Hall–Kier alpha value is -2.60. The number of nitrogens with one attached hydrogen (secondary N) is 1. The van der Waals surface area contributed by atoms with Gasteiger partial charge in [0.25, 0.3) is 0 Å². The van der Waals surface area contributed by atoms with Crippen LogP contribution < -0.4 is 5.32 Å². The largest absolute Gasteiger partial charge is 0.465 e. The first kappa shape index (κ1) is 21.1. The molecule has 1 aliphatic rings. The summed E-state index contributed by atoms with van der Waals surface area (Å²) in [4.78, 5) is 26.1. The van der Waals surface area contributed by atoms with Crippen molar-refractivity contribution in [2.75, 3.05) is 20.2 Å². The first-order chi connectivity index (χ1) is 14.0. The Bertz CT molecular complexity index is 813. The van der Waals surface area contributed by atoms with Crippen LogP contribution in [0, 0.1) is 12.8 Å². The van der Waals surface area contributed by atoms with Crippen LogP contribution in [0.1, 0.15) is 53.1 Å². The van der Waals surface area contributed by atoms with Crippen LogP contribution in [0.15, 0.2) is 40.8 Å². The average Bonchev–Trinajstić information content (AvgIpc) is 3.16. The van der Waals surface area contributed by atoms with Crippen LogP contribution >= 0.6 is 0 Å². The van der Waals surface area contributed by atoms with Crippen molar-refractivity contribution in [2.24, 2.45) is 5.92 Å². The molecule has 0 radical (unpaired) electrons. The van der Waals surface area contributed by atoms with Gasteiger partial charge in [-0.3, -0.25) is 9.69 Å². The Labute approximate surface area is 172 Å². The fourth-order valence-electron chi connectivity index (χ4n) is 3.84. The summed E-state index contributed by atoms with van der Waals surface area (Å²) in [5, 5.41) is 2.94. The molecule has 0 bridgehead atoms. The normalized spacial score (nSPS) is 17.1. The van der Waals surface area contributed by atoms with Gasteiger partial charge in [-0.15, -0.1) is 0 Å². The van der Waals surface area contributed by atoms with Gasteiger partial charge in [0.15, 0.2) is 0 Å². The summed E-state index contributed by atoms with van der Waals surface area (Å²) < 4.78 is 10.2. The Balaban J connectivity index is 1.40. The van der Waals surface area contributed by atoms with Gasteiger partial charge in [0.1, 0.15) is 11.5 Å². The third kappa shape index (κ3) is 6.46. The number of piperidine rings is 1. The molecule has 2 heterocycles. The topological polar surface area (TPSA) is 71.8 Å². The summed E-state index contributed by atoms with van der Waals surface area (Å²) >= 11 is 0. The number of amides is 1. The number of esters is 1. The van der Waals surface area contributed by atoms with Crippen molar-refractivity contribution in [3.63, 3.8) is 0 Å². The lowest BCUT2D eigenvalue weighted by Gasteiger charge is -2.32. The number of carbonyl (C=O) groups is 2. The molecule has 6 nitrogen and oxygen atoms in total. The highest BCUT2D eigenvalue weighted by molar-refractivity contribution is 5.89. The van der Waals surface area contributed by atoms with E-state index in [0.717, 1.165) is 44.0 Å². The van der Waals surface area contributed by atoms with E-state index >= 15 is 0 Å². The van der Waals surface area contributed by atoms with Crippen molar-refractivity contribution < 1.29 is 18.7 Å². The quantitative estimate of drug-likeness (QED) is 0.687. The van der Waals surface area contributed by atoms with Gasteiger partial charge in [0.2, 0.25) is 5.91 Å². The molecule has 2 aromatic rings. The predicted molar refractivity (Wildman–Crippen MR) is 110 cm³/mol. The molecule has 1 N–H and O–H groups in total. The highest BCUT2D eigenvalue weighted by atomic mass is 16.5. The van der Waals surface area contributed by atoms with E-state index in [1.807, 2.05) is 43.3 Å². The van der Waals surface area contributed by atoms with Crippen LogP contribution in [0.3, 0.4) is 0 Å². The molecule has 0 spiro atoms. The minimum absolute atomic E-state index is 0.0783. The minimum atomic E-state index is -0.310. The molecule has 0 saturated carbocycles. The third-order valence-corrected chi connectivity index (χ3v) is 5.42. The van der Waals surface area contributed by atoms with Gasteiger partial charge in [-0.2, -0.15) is 0 Å². The van der Waals surface area contributed by atoms with E-state index in [2.05, 4.69) is 10.2 Å². The van der Waals surface area contributed by atoms with Crippen molar-refractivity contribution >= 4 is 11.9 Å². The maximum atomic E-state index is 12.1. The first-order valence-electron chi connectivity index (χ1n) is 10.2. The molecule has 0 aliphatic carbocycles. The lowest BCUT2D eigenvalue weighted by Crippen LogP contribution is -2.35. The lowest BCUT2D eigenvalue weighted by atomic mass is 9.93. The number of methoxy groups -OCH3 is 1. The van der Waals surface area contributed by atoms with E-state index in [1.165, 1.54) is 19.1 Å². The molecule has 1 fully saturated rings. The molecule has 1 aliphatic heterocycles. The summed E-state index contributed by atoms with van der Waals surface area (Å²) in [6, 6.07) is 11.4. The highest BCUT2D eigenvalue weighted by Crippen LogP contribution is 2.22. The zero-order chi connectivity index (χ0) is 20.6. The number of likely N-dealkylation sites (tertiary alicyclic amines) is 1. The molecule has 1 aromatic carbocycles. The Kier molecular flexibility index (Phi) is 7.47. The summed E-state index contributed by atoms with van der Waals surface area (Å²) in [5.74, 6) is 1.95. The molecule has 1 atom stereocenters. The number of benzene rings is 1. The first-order valence-corrected chi connectivity index (χ1v) is 10.2. The van der Waals surface area contributed by atoms with E-state index in [9.17, 15) is 9.59 Å². The molecule has 1 aromatic heterocycles. The SMILES string of the molecule is COC(=O)c1ccc(CN2CCC[C@H](CCC(=O)NCc3ccc(C)o3)C2)cc1. The predicted octanol–water partition coefficient (Wildman–Crippen LogP) is 3.68. The van der Waals surface area contributed by atoms with Crippen molar-refractivity contribution in [2.45, 2.75) is 45.7 Å². The second-order valence-electron chi connectivity index (χ2n) is 7.76. The van der Waals surface area contributed by atoms with Gasteiger partial charge in [-0.1, -0.05) is 12.1 Å². The van der Waals surface area contributed by atoms with E-state index in [-0.39, 0.29) is 11.9 Å². The number of furan rings is 1. The van der Waals surface area contributed by atoms with Gasteiger partial charge in [0.05, 0.1) is 19.2 Å². The van der Waals surface area contributed by atoms with Crippen molar-refractivity contribution in [3.8, 4) is 0 Å². The average molecular weight is 399 g/mol. The number of nitrogens with zero attached hydrogens (tertiary/aromatic N) is 1. The number of aryl methyl sites for hydroxylation is 1. The smallest absolute Gasteiger partial charge is 0.337 e. The Morgan fingerprint density at radius 3 is 2.69 bits per heavy atom. The second kappa shape index (κ2) is 10.3. The zero-order valence-electron chi connectivity index (χ0n) is 17.3. The fraction of sp³-hybridized carbons (Fsp3) is 0.478. The molecule has 6 heteroatoms. The molecule has 1 amide bonds. The van der Waals surface area contributed by atoms with Crippen LogP contribution in [0.4, 0.5) is 0 Å². The molecule has 0 unspecified atom stereocenters. The number of hydrogen-bond acceptors (Lipinski definition) is 5. The van der Waals surface area contributed by atoms with Crippen LogP contribution in [-0.2, 0) is 22.6 Å². The summed E-state index contributed by atoms with van der Waals surface area (Å²) in [5.41, 5.74) is 1.76. The second-order valence-corrected chi connectivity index (χ2v) is 7.76. The van der Waals surface area contributed by atoms with E-state index < -0.39 is 0 Å². The fourth-order valence-corrected chi connectivity index (χ4v) is 3.84. The zero-order valence-corrected chi connectivity index (χ0v) is 17.3. The molecule has 156 valence electrons. The molecule has 29 heavy (non-hydrogen) atoms. The van der Waals surface area contributed by atoms with Gasteiger partial charge in [0, 0.05) is 19.5 Å². The Morgan fingerprint density at radius 2 is 2.00 bits per heavy atom. The van der Waals surface area contributed by atoms with Gasteiger partial charge in [-0.25, -0.2) is 4.79 Å². The third-order valence-electron chi connectivity index (χ3n) is 5.42. The van der Waals surface area contributed by atoms with Gasteiger partial charge in [-0.05, 0) is 68.5 Å². The van der Waals surface area contributed by atoms with Crippen LogP contribution in [0.25, 0.3) is 0 Å². The maximum absolute atomic E-state index is 12.1. The number of hydrogen-bond donors (Lipinski definition) is 1. The van der Waals surface area contributed by atoms with Crippen molar-refractivity contribution in [3.05, 3.63) is 59.0 Å². The lowest BCUT2D eigenvalue weighted by molar-refractivity contribution is -0.121. The van der Waals surface area contributed by atoms with Crippen LogP contribution in [-0.4, -0.2) is 37.0 Å². The summed E-state index contributed by atoms with van der Waals surface area (Å²) in [6.07, 6.45) is 3.77. The highest BCUT2D eigenvalue weighted by Gasteiger charge is 2.21. The van der Waals surface area contributed by atoms with Crippen molar-refractivity contribution in [1.29, 1.82) is 0 Å². The summed E-state index contributed by atoms with van der Waals surface area (Å²) in [7, 11) is 1.39. The molecular weight excluding hydrogens is 368 g/mol. The van der Waals surface area contributed by atoms with E-state index in [4.69, 9.17) is 9.15 Å². The monoisotopic (exact) mass is 398 g/mol. The van der Waals surface area contributed by atoms with E-state index in [0.29, 0.717) is 24.4 Å².